The number of halogens is 2. The van der Waals surface area contributed by atoms with Crippen LogP contribution in [0.2, 0.25) is 0 Å². The summed E-state index contributed by atoms with van der Waals surface area (Å²) >= 11 is 0. The van der Waals surface area contributed by atoms with E-state index >= 15 is 0 Å². The molecule has 166 valence electrons. The van der Waals surface area contributed by atoms with Crippen LogP contribution in [-0.2, 0) is 15.4 Å². The molecule has 2 heterocycles. The molecule has 2 aromatic heterocycles. The predicted octanol–water partition coefficient (Wildman–Crippen LogP) is 3.32. The Morgan fingerprint density at radius 2 is 1.84 bits per heavy atom. The molecular formula is C22H21F2N5O2S. The van der Waals surface area contributed by atoms with E-state index < -0.39 is 27.1 Å². The van der Waals surface area contributed by atoms with Gasteiger partial charge in [-0.05, 0) is 55.0 Å². The monoisotopic (exact) mass is 457 g/mol. The molecule has 5 rings (SSSR count). The van der Waals surface area contributed by atoms with E-state index in [0.29, 0.717) is 17.8 Å². The van der Waals surface area contributed by atoms with Crippen molar-refractivity contribution < 1.29 is 17.2 Å². The Labute approximate surface area is 184 Å². The Morgan fingerprint density at radius 1 is 1.12 bits per heavy atom. The third-order valence-electron chi connectivity index (χ3n) is 7.19. The molecule has 1 aromatic carbocycles. The van der Waals surface area contributed by atoms with Crippen LogP contribution in [0.5, 0.6) is 0 Å². The van der Waals surface area contributed by atoms with E-state index in [9.17, 15) is 17.2 Å². The first-order valence-corrected chi connectivity index (χ1v) is 11.7. The molecule has 2 atom stereocenters. The molecule has 1 fully saturated rings. The summed E-state index contributed by atoms with van der Waals surface area (Å²) in [5.41, 5.74) is 0.852. The van der Waals surface area contributed by atoms with E-state index in [-0.39, 0.29) is 27.6 Å². The second-order valence-corrected chi connectivity index (χ2v) is 10.6. The third-order valence-corrected chi connectivity index (χ3v) is 8.48. The maximum absolute atomic E-state index is 14.4. The van der Waals surface area contributed by atoms with E-state index in [1.165, 1.54) is 31.4 Å². The number of rotatable bonds is 4. The highest BCUT2D eigenvalue weighted by Gasteiger charge is 2.65. The first kappa shape index (κ1) is 21.0. The molecule has 0 unspecified atom stereocenters. The van der Waals surface area contributed by atoms with Crippen molar-refractivity contribution in [1.82, 2.24) is 24.9 Å². The predicted molar refractivity (Wildman–Crippen MR) is 112 cm³/mol. The minimum atomic E-state index is -3.78. The van der Waals surface area contributed by atoms with Crippen LogP contribution in [0, 0.1) is 17.0 Å². The van der Waals surface area contributed by atoms with Crippen LogP contribution in [0.1, 0.15) is 49.6 Å². The van der Waals surface area contributed by atoms with Crippen LogP contribution in [-0.4, -0.2) is 35.6 Å². The molecule has 2 bridgehead atoms. The van der Waals surface area contributed by atoms with Gasteiger partial charge >= 0.3 is 0 Å². The number of hydrogen-bond acceptors (Lipinski definition) is 6. The van der Waals surface area contributed by atoms with Gasteiger partial charge in [-0.2, -0.15) is 5.10 Å². The van der Waals surface area contributed by atoms with Crippen LogP contribution >= 0.6 is 0 Å². The SMILES string of the molecule is CNS(=O)(=O)c1cncc([C@@]23CC[C@@H](c4cc(-c5c(F)cccc5F)nnc42)C3(C)C)n1. The number of sulfonamides is 1. The smallest absolute Gasteiger partial charge is 0.259 e. The lowest BCUT2D eigenvalue weighted by atomic mass is 9.66. The van der Waals surface area contributed by atoms with Crippen molar-refractivity contribution >= 4 is 10.0 Å². The molecule has 1 N–H and O–H groups in total. The molecule has 1 saturated carbocycles. The Bertz CT molecular complexity index is 1340. The first-order valence-electron chi connectivity index (χ1n) is 10.2. The van der Waals surface area contributed by atoms with Crippen LogP contribution in [0.15, 0.2) is 41.7 Å². The van der Waals surface area contributed by atoms with Gasteiger partial charge in [0.25, 0.3) is 10.0 Å². The summed E-state index contributed by atoms with van der Waals surface area (Å²) in [5.74, 6) is -1.35. The van der Waals surface area contributed by atoms with E-state index in [1.54, 1.807) is 12.3 Å². The van der Waals surface area contributed by atoms with Crippen LogP contribution in [0.4, 0.5) is 8.78 Å². The third kappa shape index (κ3) is 2.62. The molecule has 32 heavy (non-hydrogen) atoms. The Kier molecular flexibility index (Phi) is 4.48. The highest BCUT2D eigenvalue weighted by molar-refractivity contribution is 7.89. The van der Waals surface area contributed by atoms with E-state index in [2.05, 4.69) is 38.7 Å². The van der Waals surface area contributed by atoms with E-state index in [0.717, 1.165) is 12.0 Å². The molecule has 2 aliphatic carbocycles. The zero-order valence-corrected chi connectivity index (χ0v) is 18.5. The van der Waals surface area contributed by atoms with Gasteiger partial charge in [-0.3, -0.25) is 4.98 Å². The zero-order valence-electron chi connectivity index (χ0n) is 17.7. The minimum Gasteiger partial charge on any atom is -0.260 e. The van der Waals surface area contributed by atoms with Gasteiger partial charge < -0.3 is 0 Å². The lowest BCUT2D eigenvalue weighted by Crippen LogP contribution is -2.38. The lowest BCUT2D eigenvalue weighted by molar-refractivity contribution is 0.241. The van der Waals surface area contributed by atoms with Crippen molar-refractivity contribution in [2.24, 2.45) is 5.41 Å². The average molecular weight is 458 g/mol. The molecular weight excluding hydrogens is 436 g/mol. The van der Waals surface area contributed by atoms with Crippen LogP contribution < -0.4 is 4.72 Å². The first-order chi connectivity index (χ1) is 15.1. The summed E-state index contributed by atoms with van der Waals surface area (Å²) in [7, 11) is -2.46. The van der Waals surface area contributed by atoms with Gasteiger partial charge in [-0.15, -0.1) is 5.10 Å². The van der Waals surface area contributed by atoms with Crippen molar-refractivity contribution in [3.05, 3.63) is 65.2 Å². The van der Waals surface area contributed by atoms with Crippen LogP contribution in [0.3, 0.4) is 0 Å². The van der Waals surface area contributed by atoms with Gasteiger partial charge in [-0.1, -0.05) is 19.9 Å². The van der Waals surface area contributed by atoms with Crippen molar-refractivity contribution in [2.75, 3.05) is 7.05 Å². The average Bonchev–Trinajstić information content (AvgIpc) is 3.15. The van der Waals surface area contributed by atoms with Crippen molar-refractivity contribution in [3.63, 3.8) is 0 Å². The molecule has 0 amide bonds. The van der Waals surface area contributed by atoms with E-state index in [1.807, 2.05) is 0 Å². The molecule has 10 heteroatoms. The zero-order chi connectivity index (χ0) is 22.9. The highest BCUT2D eigenvalue weighted by Crippen LogP contribution is 2.69. The number of benzene rings is 1. The minimum absolute atomic E-state index is 0.0490. The van der Waals surface area contributed by atoms with Gasteiger partial charge in [0.2, 0.25) is 0 Å². The Hall–Kier alpha value is -2.85. The maximum Gasteiger partial charge on any atom is 0.259 e. The van der Waals surface area contributed by atoms with Crippen LogP contribution in [0.25, 0.3) is 11.3 Å². The van der Waals surface area contributed by atoms with Gasteiger partial charge in [0.1, 0.15) is 11.6 Å². The number of nitrogens with zero attached hydrogens (tertiary/aromatic N) is 4. The Balaban J connectivity index is 1.72. The summed E-state index contributed by atoms with van der Waals surface area (Å²) in [5, 5.41) is 8.45. The normalized spacial score (nSPS) is 23.3. The van der Waals surface area contributed by atoms with E-state index in [4.69, 9.17) is 0 Å². The van der Waals surface area contributed by atoms with Crippen molar-refractivity contribution in [3.8, 4) is 11.3 Å². The number of nitrogens with one attached hydrogen (secondary N) is 1. The number of hydrogen-bond donors (Lipinski definition) is 1. The van der Waals surface area contributed by atoms with Crippen molar-refractivity contribution in [1.29, 1.82) is 0 Å². The molecule has 3 aromatic rings. The van der Waals surface area contributed by atoms with Gasteiger partial charge in [0.15, 0.2) is 5.03 Å². The van der Waals surface area contributed by atoms with Gasteiger partial charge in [0, 0.05) is 6.20 Å². The lowest BCUT2D eigenvalue weighted by Gasteiger charge is -2.37. The molecule has 0 saturated heterocycles. The molecule has 0 radical (unpaired) electrons. The van der Waals surface area contributed by atoms with Gasteiger partial charge in [-0.25, -0.2) is 26.9 Å². The summed E-state index contributed by atoms with van der Waals surface area (Å²) in [6, 6.07) is 5.39. The fourth-order valence-corrected chi connectivity index (χ4v) is 6.17. The summed E-state index contributed by atoms with van der Waals surface area (Å²) in [6.07, 6.45) is 4.27. The quantitative estimate of drug-likeness (QED) is 0.646. The standard InChI is InChI=1S/C22H21F2N5O2S/c1-21(2)13-7-8-22(21,17-10-26-11-18(27-17)32(30,31)25-3)20-12(13)9-16(28-29-20)19-14(23)5-4-6-15(19)24/h4-6,9-11,13,25H,7-8H2,1-3H3/t13-,22-/m0/s1. The molecule has 7 nitrogen and oxygen atoms in total. The summed E-state index contributed by atoms with van der Waals surface area (Å²) in [6.45, 7) is 4.16. The fraction of sp³-hybridized carbons (Fsp3) is 0.364. The molecule has 2 aliphatic rings. The number of aromatic nitrogens is 4. The largest absolute Gasteiger partial charge is 0.260 e. The highest BCUT2D eigenvalue weighted by atomic mass is 32.2. The van der Waals surface area contributed by atoms with Gasteiger partial charge in [0.05, 0.1) is 34.3 Å². The summed E-state index contributed by atoms with van der Waals surface area (Å²) < 4.78 is 55.7. The maximum atomic E-state index is 14.4. The fourth-order valence-electron chi connectivity index (χ4n) is 5.54. The summed E-state index contributed by atoms with van der Waals surface area (Å²) in [4.78, 5) is 8.62. The second kappa shape index (κ2) is 6.82. The second-order valence-electron chi connectivity index (χ2n) is 8.80. The topological polar surface area (TPSA) is 97.7 Å². The van der Waals surface area contributed by atoms with Crippen molar-refractivity contribution in [2.45, 2.75) is 43.0 Å². The Morgan fingerprint density at radius 3 is 2.53 bits per heavy atom. The molecule has 0 spiro atoms. The molecule has 0 aliphatic heterocycles. The number of fused-ring (bicyclic) bond motifs is 5.